The molecule has 0 aliphatic carbocycles. The van der Waals surface area contributed by atoms with Crippen molar-refractivity contribution in [1.82, 2.24) is 5.32 Å². The van der Waals surface area contributed by atoms with Gasteiger partial charge >= 0.3 is 0 Å². The van der Waals surface area contributed by atoms with Crippen LogP contribution in [0.4, 0.5) is 4.39 Å². The molecule has 0 aliphatic heterocycles. The van der Waals surface area contributed by atoms with Crippen LogP contribution in [-0.2, 0) is 6.54 Å². The van der Waals surface area contributed by atoms with Crippen LogP contribution in [0.3, 0.4) is 0 Å². The van der Waals surface area contributed by atoms with E-state index in [4.69, 9.17) is 0 Å². The van der Waals surface area contributed by atoms with Crippen LogP contribution in [0, 0.1) is 18.2 Å². The quantitative estimate of drug-likeness (QED) is 0.783. The van der Waals surface area contributed by atoms with E-state index in [9.17, 15) is 9.50 Å². The largest absolute Gasteiger partial charge is 0.396 e. The van der Waals surface area contributed by atoms with Crippen molar-refractivity contribution in [3.8, 4) is 0 Å². The van der Waals surface area contributed by atoms with E-state index in [2.05, 4.69) is 19.2 Å². The number of aliphatic hydroxyl groups excluding tert-OH is 1. The molecule has 0 radical (unpaired) electrons. The molecular formula is C15H24FNO. The van der Waals surface area contributed by atoms with Crippen molar-refractivity contribution in [2.75, 3.05) is 13.2 Å². The Morgan fingerprint density at radius 1 is 1.28 bits per heavy atom. The third-order valence-corrected chi connectivity index (χ3v) is 3.89. The molecule has 18 heavy (non-hydrogen) atoms. The zero-order valence-corrected chi connectivity index (χ0v) is 11.6. The second-order valence-electron chi connectivity index (χ2n) is 5.05. The summed E-state index contributed by atoms with van der Waals surface area (Å²) in [6.45, 7) is 7.67. The number of hydrogen-bond acceptors (Lipinski definition) is 2. The first-order chi connectivity index (χ1) is 8.56. The minimum absolute atomic E-state index is 0.0327. The van der Waals surface area contributed by atoms with Crippen molar-refractivity contribution < 1.29 is 9.50 Å². The summed E-state index contributed by atoms with van der Waals surface area (Å²) in [7, 11) is 0. The monoisotopic (exact) mass is 253 g/mol. The highest BCUT2D eigenvalue weighted by molar-refractivity contribution is 5.23. The van der Waals surface area contributed by atoms with Gasteiger partial charge in [-0.15, -0.1) is 0 Å². The van der Waals surface area contributed by atoms with Gasteiger partial charge in [0.25, 0.3) is 0 Å². The molecule has 1 rings (SSSR count). The Hall–Kier alpha value is -0.930. The molecule has 0 atom stereocenters. The maximum atomic E-state index is 13.1. The Morgan fingerprint density at radius 3 is 2.44 bits per heavy atom. The van der Waals surface area contributed by atoms with Gasteiger partial charge in [-0.2, -0.15) is 0 Å². The molecule has 0 aromatic heterocycles. The lowest BCUT2D eigenvalue weighted by molar-refractivity contribution is 0.113. The van der Waals surface area contributed by atoms with E-state index in [1.165, 1.54) is 6.07 Å². The summed E-state index contributed by atoms with van der Waals surface area (Å²) in [5.41, 5.74) is 1.72. The zero-order valence-electron chi connectivity index (χ0n) is 11.6. The topological polar surface area (TPSA) is 32.3 Å². The second-order valence-corrected chi connectivity index (χ2v) is 5.05. The number of aliphatic hydroxyl groups is 1. The number of aryl methyl sites for hydroxylation is 1. The molecule has 0 unspecified atom stereocenters. The van der Waals surface area contributed by atoms with E-state index in [1.54, 1.807) is 13.0 Å². The first kappa shape index (κ1) is 15.1. The Morgan fingerprint density at radius 2 is 1.94 bits per heavy atom. The standard InChI is InChI=1S/C15H24FNO/c1-4-15(5-2,11-18)10-17-9-13-6-7-14(16)12(3)8-13/h6-8,17-18H,4-5,9-11H2,1-3H3. The third kappa shape index (κ3) is 3.79. The van der Waals surface area contributed by atoms with Crippen LogP contribution < -0.4 is 5.32 Å². The van der Waals surface area contributed by atoms with Gasteiger partial charge in [-0.3, -0.25) is 0 Å². The number of nitrogens with one attached hydrogen (secondary N) is 1. The molecule has 0 bridgehead atoms. The highest BCUT2D eigenvalue weighted by atomic mass is 19.1. The Kier molecular flexibility index (Phi) is 5.76. The van der Waals surface area contributed by atoms with Gasteiger partial charge in [0.2, 0.25) is 0 Å². The molecule has 3 heteroatoms. The van der Waals surface area contributed by atoms with Crippen molar-refractivity contribution >= 4 is 0 Å². The van der Waals surface area contributed by atoms with E-state index in [0.717, 1.165) is 24.9 Å². The molecular weight excluding hydrogens is 229 g/mol. The summed E-state index contributed by atoms with van der Waals surface area (Å²) in [4.78, 5) is 0. The van der Waals surface area contributed by atoms with Gasteiger partial charge in [-0.25, -0.2) is 4.39 Å². The molecule has 0 fully saturated rings. The SMILES string of the molecule is CCC(CC)(CO)CNCc1ccc(F)c(C)c1. The molecule has 0 aliphatic rings. The fraction of sp³-hybridized carbons (Fsp3) is 0.600. The normalized spacial score (nSPS) is 11.8. The number of hydrogen-bond donors (Lipinski definition) is 2. The summed E-state index contributed by atoms with van der Waals surface area (Å²) < 4.78 is 13.1. The lowest BCUT2D eigenvalue weighted by atomic mass is 9.83. The first-order valence-electron chi connectivity index (χ1n) is 6.63. The number of rotatable bonds is 7. The van der Waals surface area contributed by atoms with E-state index in [0.29, 0.717) is 12.1 Å². The minimum atomic E-state index is -0.162. The van der Waals surface area contributed by atoms with Crippen molar-refractivity contribution in [2.24, 2.45) is 5.41 Å². The number of benzene rings is 1. The molecule has 2 nitrogen and oxygen atoms in total. The van der Waals surface area contributed by atoms with Gasteiger partial charge in [-0.1, -0.05) is 26.0 Å². The van der Waals surface area contributed by atoms with Crippen molar-refractivity contribution in [2.45, 2.75) is 40.2 Å². The molecule has 102 valence electrons. The predicted molar refractivity (Wildman–Crippen MR) is 72.9 cm³/mol. The third-order valence-electron chi connectivity index (χ3n) is 3.89. The van der Waals surface area contributed by atoms with E-state index >= 15 is 0 Å². The molecule has 0 spiro atoms. The molecule has 0 amide bonds. The zero-order chi connectivity index (χ0) is 13.6. The highest BCUT2D eigenvalue weighted by Gasteiger charge is 2.24. The first-order valence-corrected chi connectivity index (χ1v) is 6.63. The van der Waals surface area contributed by atoms with Crippen LogP contribution in [0.1, 0.15) is 37.8 Å². The summed E-state index contributed by atoms with van der Waals surface area (Å²) >= 11 is 0. The molecule has 0 saturated carbocycles. The highest BCUT2D eigenvalue weighted by Crippen LogP contribution is 2.24. The Labute approximate surface area is 109 Å². The van der Waals surface area contributed by atoms with Gasteiger partial charge in [0.15, 0.2) is 0 Å². The van der Waals surface area contributed by atoms with Crippen LogP contribution in [-0.4, -0.2) is 18.3 Å². The average molecular weight is 253 g/mol. The molecule has 1 aromatic rings. The summed E-state index contributed by atoms with van der Waals surface area (Å²) in [6.07, 6.45) is 1.91. The van der Waals surface area contributed by atoms with Crippen molar-refractivity contribution in [3.05, 3.63) is 35.1 Å². The van der Waals surface area contributed by atoms with Crippen LogP contribution in [0.5, 0.6) is 0 Å². The molecule has 2 N–H and O–H groups in total. The van der Waals surface area contributed by atoms with Crippen LogP contribution in [0.25, 0.3) is 0 Å². The maximum Gasteiger partial charge on any atom is 0.126 e. The lowest BCUT2D eigenvalue weighted by Crippen LogP contribution is -2.36. The summed E-state index contributed by atoms with van der Waals surface area (Å²) in [5, 5.41) is 12.8. The van der Waals surface area contributed by atoms with Crippen LogP contribution in [0.2, 0.25) is 0 Å². The van der Waals surface area contributed by atoms with E-state index in [-0.39, 0.29) is 17.8 Å². The van der Waals surface area contributed by atoms with E-state index < -0.39 is 0 Å². The van der Waals surface area contributed by atoms with Gasteiger partial charge in [0.05, 0.1) is 0 Å². The summed E-state index contributed by atoms with van der Waals surface area (Å²) in [6, 6.07) is 5.17. The Bertz CT molecular complexity index is 366. The molecule has 1 aromatic carbocycles. The fourth-order valence-electron chi connectivity index (χ4n) is 2.07. The van der Waals surface area contributed by atoms with E-state index in [1.807, 2.05) is 6.07 Å². The smallest absolute Gasteiger partial charge is 0.126 e. The Balaban J connectivity index is 2.52. The van der Waals surface area contributed by atoms with Crippen LogP contribution in [0.15, 0.2) is 18.2 Å². The minimum Gasteiger partial charge on any atom is -0.396 e. The van der Waals surface area contributed by atoms with Gasteiger partial charge < -0.3 is 10.4 Å². The fourth-order valence-corrected chi connectivity index (χ4v) is 2.07. The molecule has 0 saturated heterocycles. The van der Waals surface area contributed by atoms with Crippen molar-refractivity contribution in [3.63, 3.8) is 0 Å². The summed E-state index contributed by atoms with van der Waals surface area (Å²) in [5.74, 6) is -0.162. The number of halogens is 1. The maximum absolute atomic E-state index is 13.1. The molecule has 0 heterocycles. The van der Waals surface area contributed by atoms with Gasteiger partial charge in [0, 0.05) is 25.1 Å². The van der Waals surface area contributed by atoms with Crippen molar-refractivity contribution in [1.29, 1.82) is 0 Å². The predicted octanol–water partition coefficient (Wildman–Crippen LogP) is 3.02. The second kappa shape index (κ2) is 6.86. The average Bonchev–Trinajstić information content (AvgIpc) is 2.39. The van der Waals surface area contributed by atoms with Crippen LogP contribution >= 0.6 is 0 Å². The van der Waals surface area contributed by atoms with Gasteiger partial charge in [-0.05, 0) is 37.0 Å². The lowest BCUT2D eigenvalue weighted by Gasteiger charge is -2.29. The van der Waals surface area contributed by atoms with Gasteiger partial charge in [0.1, 0.15) is 5.82 Å².